The number of nitrogens with one attached hydrogen (secondary N) is 1. The fraction of sp³-hybridized carbons (Fsp3) is 0.667. The highest BCUT2D eigenvalue weighted by molar-refractivity contribution is 5.96. The molecule has 2 aliphatic heterocycles. The fourth-order valence-corrected chi connectivity index (χ4v) is 3.07. The Balaban J connectivity index is 1.54. The predicted molar refractivity (Wildman–Crippen MR) is 83.0 cm³/mol. The van der Waals surface area contributed by atoms with Gasteiger partial charge in [0.15, 0.2) is 0 Å². The summed E-state index contributed by atoms with van der Waals surface area (Å²) in [4.78, 5) is 27.1. The van der Waals surface area contributed by atoms with Gasteiger partial charge in [-0.05, 0) is 19.9 Å². The zero-order valence-corrected chi connectivity index (χ0v) is 13.6. The molecule has 126 valence electrons. The first-order valence-electron chi connectivity index (χ1n) is 7.96. The molecule has 2 fully saturated rings. The van der Waals surface area contributed by atoms with E-state index in [1.165, 1.54) is 4.90 Å². The van der Waals surface area contributed by atoms with Crippen LogP contribution in [0.2, 0.25) is 0 Å². The molecule has 1 aromatic rings. The number of carbonyl (C=O) groups excluding carboxylic acids is 2. The van der Waals surface area contributed by atoms with Crippen LogP contribution >= 0.6 is 0 Å². The van der Waals surface area contributed by atoms with E-state index in [4.69, 9.17) is 4.74 Å². The zero-order chi connectivity index (χ0) is 16.4. The van der Waals surface area contributed by atoms with E-state index in [2.05, 4.69) is 10.4 Å². The van der Waals surface area contributed by atoms with Crippen molar-refractivity contribution in [2.24, 2.45) is 0 Å². The van der Waals surface area contributed by atoms with Crippen molar-refractivity contribution in [1.82, 2.24) is 24.9 Å². The standard InChI is InChI=1S/C15H23N5O3/c1-11-7-12(2)20(17-11)9-13-8-18(5-6-23-13)10-14(21)19-4-3-16-15(19)22/h7,13H,3-6,8-10H2,1-2H3,(H,16,22). The largest absolute Gasteiger partial charge is 0.374 e. The molecular weight excluding hydrogens is 298 g/mol. The molecule has 2 saturated heterocycles. The lowest BCUT2D eigenvalue weighted by molar-refractivity contribution is -0.131. The molecule has 2 aliphatic rings. The van der Waals surface area contributed by atoms with E-state index in [-0.39, 0.29) is 24.6 Å². The van der Waals surface area contributed by atoms with Gasteiger partial charge < -0.3 is 10.1 Å². The maximum atomic E-state index is 12.2. The first kappa shape index (κ1) is 15.9. The van der Waals surface area contributed by atoms with Gasteiger partial charge in [0.1, 0.15) is 0 Å². The van der Waals surface area contributed by atoms with E-state index in [0.29, 0.717) is 39.3 Å². The number of nitrogens with zero attached hydrogens (tertiary/aromatic N) is 4. The summed E-state index contributed by atoms with van der Waals surface area (Å²) in [6.07, 6.45) is 0.00181. The molecule has 3 heterocycles. The highest BCUT2D eigenvalue weighted by Crippen LogP contribution is 2.11. The average Bonchev–Trinajstić information content (AvgIpc) is 3.05. The lowest BCUT2D eigenvalue weighted by atomic mass is 10.2. The molecule has 1 unspecified atom stereocenters. The van der Waals surface area contributed by atoms with Gasteiger partial charge in [-0.25, -0.2) is 4.79 Å². The van der Waals surface area contributed by atoms with Crippen molar-refractivity contribution < 1.29 is 14.3 Å². The third-order valence-corrected chi connectivity index (χ3v) is 4.22. The van der Waals surface area contributed by atoms with Crippen LogP contribution in [-0.4, -0.2) is 77.0 Å². The number of amides is 3. The minimum Gasteiger partial charge on any atom is -0.374 e. The van der Waals surface area contributed by atoms with Crippen molar-refractivity contribution in [2.45, 2.75) is 26.5 Å². The van der Waals surface area contributed by atoms with Crippen molar-refractivity contribution >= 4 is 11.9 Å². The highest BCUT2D eigenvalue weighted by Gasteiger charge is 2.29. The van der Waals surface area contributed by atoms with Crippen molar-refractivity contribution in [1.29, 1.82) is 0 Å². The van der Waals surface area contributed by atoms with Crippen molar-refractivity contribution in [3.63, 3.8) is 0 Å². The molecule has 0 radical (unpaired) electrons. The Labute approximate surface area is 135 Å². The maximum Gasteiger partial charge on any atom is 0.324 e. The van der Waals surface area contributed by atoms with Crippen LogP contribution in [0.25, 0.3) is 0 Å². The molecule has 0 spiro atoms. The van der Waals surface area contributed by atoms with Crippen LogP contribution in [0, 0.1) is 13.8 Å². The number of urea groups is 1. The summed E-state index contributed by atoms with van der Waals surface area (Å²) in [5, 5.41) is 7.10. The number of morpholine rings is 1. The molecular formula is C15H23N5O3. The third-order valence-electron chi connectivity index (χ3n) is 4.22. The van der Waals surface area contributed by atoms with E-state index in [9.17, 15) is 9.59 Å². The molecule has 3 amide bonds. The molecule has 8 nitrogen and oxygen atoms in total. The van der Waals surface area contributed by atoms with Crippen LogP contribution in [0.1, 0.15) is 11.4 Å². The van der Waals surface area contributed by atoms with Crippen LogP contribution in [0.4, 0.5) is 4.79 Å². The van der Waals surface area contributed by atoms with Gasteiger partial charge in [-0.1, -0.05) is 0 Å². The van der Waals surface area contributed by atoms with Crippen LogP contribution in [0.5, 0.6) is 0 Å². The summed E-state index contributed by atoms with van der Waals surface area (Å²) in [6, 6.07) is 1.75. The van der Waals surface area contributed by atoms with E-state index >= 15 is 0 Å². The highest BCUT2D eigenvalue weighted by atomic mass is 16.5. The molecule has 8 heteroatoms. The minimum absolute atomic E-state index is 0.00181. The van der Waals surface area contributed by atoms with Crippen molar-refractivity contribution in [3.05, 3.63) is 17.5 Å². The second-order valence-corrected chi connectivity index (χ2v) is 6.11. The number of aromatic nitrogens is 2. The number of imide groups is 1. The second-order valence-electron chi connectivity index (χ2n) is 6.11. The van der Waals surface area contributed by atoms with E-state index in [0.717, 1.165) is 11.4 Å². The van der Waals surface area contributed by atoms with Crippen LogP contribution in [-0.2, 0) is 16.1 Å². The number of hydrogen-bond donors (Lipinski definition) is 1. The molecule has 3 rings (SSSR count). The SMILES string of the molecule is Cc1cc(C)n(CC2CN(CC(=O)N3CCNC3=O)CCO2)n1. The molecule has 23 heavy (non-hydrogen) atoms. The van der Waals surface area contributed by atoms with E-state index in [1.807, 2.05) is 29.5 Å². The smallest absolute Gasteiger partial charge is 0.324 e. The van der Waals surface area contributed by atoms with Gasteiger partial charge in [0.25, 0.3) is 0 Å². The second kappa shape index (κ2) is 6.67. The van der Waals surface area contributed by atoms with Crippen LogP contribution < -0.4 is 5.32 Å². The van der Waals surface area contributed by atoms with Gasteiger partial charge in [0.2, 0.25) is 5.91 Å². The van der Waals surface area contributed by atoms with Gasteiger partial charge in [0.05, 0.1) is 31.5 Å². The van der Waals surface area contributed by atoms with Gasteiger partial charge in [0, 0.05) is 31.9 Å². The molecule has 1 aromatic heterocycles. The lowest BCUT2D eigenvalue weighted by Crippen LogP contribution is -2.49. The molecule has 1 N–H and O–H groups in total. The Morgan fingerprint density at radius 1 is 1.43 bits per heavy atom. The summed E-state index contributed by atoms with van der Waals surface area (Å²) in [5.41, 5.74) is 2.10. The number of aryl methyl sites for hydroxylation is 2. The summed E-state index contributed by atoms with van der Waals surface area (Å²) in [6.45, 7) is 7.87. The molecule has 1 atom stereocenters. The van der Waals surface area contributed by atoms with Crippen molar-refractivity contribution in [2.75, 3.05) is 39.3 Å². The van der Waals surface area contributed by atoms with Gasteiger partial charge in [-0.2, -0.15) is 5.10 Å². The van der Waals surface area contributed by atoms with Crippen molar-refractivity contribution in [3.8, 4) is 0 Å². The normalized spacial score (nSPS) is 22.4. The molecule has 0 aromatic carbocycles. The average molecular weight is 321 g/mol. The Morgan fingerprint density at radius 2 is 2.26 bits per heavy atom. The van der Waals surface area contributed by atoms with E-state index < -0.39 is 0 Å². The molecule has 0 bridgehead atoms. The molecule has 0 saturated carbocycles. The topological polar surface area (TPSA) is 79.7 Å². The number of hydrogen-bond acceptors (Lipinski definition) is 5. The van der Waals surface area contributed by atoms with Crippen LogP contribution in [0.15, 0.2) is 6.07 Å². The summed E-state index contributed by atoms with van der Waals surface area (Å²) < 4.78 is 7.74. The monoisotopic (exact) mass is 321 g/mol. The number of carbonyl (C=O) groups is 2. The maximum absolute atomic E-state index is 12.2. The molecule has 0 aliphatic carbocycles. The minimum atomic E-state index is -0.289. The predicted octanol–water partition coefficient (Wildman–Crippen LogP) is -0.247. The third kappa shape index (κ3) is 3.70. The van der Waals surface area contributed by atoms with Crippen LogP contribution in [0.3, 0.4) is 0 Å². The first-order chi connectivity index (χ1) is 11.0. The summed E-state index contributed by atoms with van der Waals surface area (Å²) in [5.74, 6) is -0.147. The quantitative estimate of drug-likeness (QED) is 0.827. The number of ether oxygens (including phenoxy) is 1. The van der Waals surface area contributed by atoms with Gasteiger partial charge >= 0.3 is 6.03 Å². The Hall–Kier alpha value is -1.93. The van der Waals surface area contributed by atoms with Gasteiger partial charge in [-0.15, -0.1) is 0 Å². The zero-order valence-electron chi connectivity index (χ0n) is 13.6. The Morgan fingerprint density at radius 3 is 2.91 bits per heavy atom. The lowest BCUT2D eigenvalue weighted by Gasteiger charge is -2.33. The Bertz CT molecular complexity index is 600. The fourth-order valence-electron chi connectivity index (χ4n) is 3.07. The Kier molecular flexibility index (Phi) is 4.63. The number of rotatable bonds is 4. The van der Waals surface area contributed by atoms with E-state index in [1.54, 1.807) is 0 Å². The summed E-state index contributed by atoms with van der Waals surface area (Å²) in [7, 11) is 0. The van der Waals surface area contributed by atoms with Gasteiger partial charge in [-0.3, -0.25) is 19.3 Å². The first-order valence-corrected chi connectivity index (χ1v) is 7.96. The summed E-state index contributed by atoms with van der Waals surface area (Å²) >= 11 is 0.